The third-order valence-electron chi connectivity index (χ3n) is 2.36. The molecule has 1 saturated carbocycles. The lowest BCUT2D eigenvalue weighted by atomic mass is 10.3. The molecule has 0 radical (unpaired) electrons. The van der Waals surface area contributed by atoms with Gasteiger partial charge in [0.25, 0.3) is 0 Å². The quantitative estimate of drug-likeness (QED) is 0.448. The van der Waals surface area contributed by atoms with Gasteiger partial charge in [-0.25, -0.2) is 0 Å². The first kappa shape index (κ1) is 13.4. The standard InChI is InChI=1S/C11H22N2O3/c14-7-9-16-8-6-12-5-1-2-11(15)13-10-3-4-10/h10,12,14H,1-9H2,(H,13,15). The van der Waals surface area contributed by atoms with E-state index in [1.165, 1.54) is 0 Å². The fraction of sp³-hybridized carbons (Fsp3) is 0.909. The van der Waals surface area contributed by atoms with E-state index in [9.17, 15) is 4.79 Å². The third kappa shape index (κ3) is 7.62. The van der Waals surface area contributed by atoms with E-state index in [2.05, 4.69) is 10.6 Å². The van der Waals surface area contributed by atoms with Crippen molar-refractivity contribution in [1.82, 2.24) is 10.6 Å². The van der Waals surface area contributed by atoms with Crippen LogP contribution in [-0.4, -0.2) is 50.0 Å². The van der Waals surface area contributed by atoms with Crippen molar-refractivity contribution in [3.05, 3.63) is 0 Å². The van der Waals surface area contributed by atoms with E-state index in [-0.39, 0.29) is 12.5 Å². The van der Waals surface area contributed by atoms with Gasteiger partial charge in [0, 0.05) is 19.0 Å². The van der Waals surface area contributed by atoms with Crippen LogP contribution < -0.4 is 10.6 Å². The van der Waals surface area contributed by atoms with Crippen LogP contribution in [-0.2, 0) is 9.53 Å². The number of rotatable bonds is 10. The molecule has 0 aromatic rings. The zero-order chi connectivity index (χ0) is 11.6. The van der Waals surface area contributed by atoms with Crippen molar-refractivity contribution in [3.63, 3.8) is 0 Å². The molecule has 94 valence electrons. The molecule has 0 spiro atoms. The Hall–Kier alpha value is -0.650. The number of hydrogen-bond acceptors (Lipinski definition) is 4. The molecule has 3 N–H and O–H groups in total. The average Bonchev–Trinajstić information content (AvgIpc) is 3.06. The second kappa shape index (κ2) is 8.50. The van der Waals surface area contributed by atoms with Gasteiger partial charge in [0.15, 0.2) is 0 Å². The Morgan fingerprint density at radius 1 is 1.31 bits per heavy atom. The third-order valence-corrected chi connectivity index (χ3v) is 2.36. The molecule has 1 amide bonds. The number of aliphatic hydroxyl groups is 1. The molecule has 1 aliphatic carbocycles. The van der Waals surface area contributed by atoms with Crippen LogP contribution in [0.4, 0.5) is 0 Å². The van der Waals surface area contributed by atoms with Crippen molar-refractivity contribution in [2.24, 2.45) is 0 Å². The van der Waals surface area contributed by atoms with Crippen molar-refractivity contribution in [2.75, 3.05) is 32.9 Å². The summed E-state index contributed by atoms with van der Waals surface area (Å²) in [6.45, 7) is 2.67. The molecule has 0 aromatic heterocycles. The largest absolute Gasteiger partial charge is 0.394 e. The normalized spacial score (nSPS) is 15.1. The van der Waals surface area contributed by atoms with Crippen molar-refractivity contribution >= 4 is 5.91 Å². The molecule has 0 aromatic carbocycles. The first-order valence-electron chi connectivity index (χ1n) is 6.01. The molecule has 0 saturated heterocycles. The molecule has 0 heterocycles. The van der Waals surface area contributed by atoms with Gasteiger partial charge in [0.05, 0.1) is 19.8 Å². The van der Waals surface area contributed by atoms with E-state index in [1.54, 1.807) is 0 Å². The van der Waals surface area contributed by atoms with Crippen molar-refractivity contribution in [3.8, 4) is 0 Å². The summed E-state index contributed by atoms with van der Waals surface area (Å²) < 4.78 is 5.08. The van der Waals surface area contributed by atoms with Crippen LogP contribution >= 0.6 is 0 Å². The first-order chi connectivity index (χ1) is 7.83. The highest BCUT2D eigenvalue weighted by Crippen LogP contribution is 2.18. The Balaban J connectivity index is 1.75. The summed E-state index contributed by atoms with van der Waals surface area (Å²) in [5.74, 6) is 0.167. The lowest BCUT2D eigenvalue weighted by Crippen LogP contribution is -2.27. The van der Waals surface area contributed by atoms with Crippen LogP contribution in [0, 0.1) is 0 Å². The van der Waals surface area contributed by atoms with Gasteiger partial charge in [0.2, 0.25) is 5.91 Å². The molecule has 16 heavy (non-hydrogen) atoms. The van der Waals surface area contributed by atoms with Gasteiger partial charge in [-0.2, -0.15) is 0 Å². The Morgan fingerprint density at radius 3 is 2.81 bits per heavy atom. The summed E-state index contributed by atoms with van der Waals surface area (Å²) in [6, 6.07) is 0.465. The average molecular weight is 230 g/mol. The summed E-state index contributed by atoms with van der Waals surface area (Å²) in [5.41, 5.74) is 0. The summed E-state index contributed by atoms with van der Waals surface area (Å²) >= 11 is 0. The Bertz CT molecular complexity index is 196. The number of nitrogens with one attached hydrogen (secondary N) is 2. The van der Waals surface area contributed by atoms with E-state index in [4.69, 9.17) is 9.84 Å². The summed E-state index contributed by atoms with van der Waals surface area (Å²) in [6.07, 6.45) is 3.75. The van der Waals surface area contributed by atoms with Gasteiger partial charge in [0.1, 0.15) is 0 Å². The van der Waals surface area contributed by atoms with Crippen molar-refractivity contribution < 1.29 is 14.6 Å². The van der Waals surface area contributed by atoms with E-state index in [0.29, 0.717) is 25.7 Å². The molecule has 1 aliphatic rings. The van der Waals surface area contributed by atoms with E-state index in [1.807, 2.05) is 0 Å². The fourth-order valence-electron chi connectivity index (χ4n) is 1.34. The highest BCUT2D eigenvalue weighted by atomic mass is 16.5. The molecular weight excluding hydrogens is 208 g/mol. The lowest BCUT2D eigenvalue weighted by molar-refractivity contribution is -0.121. The molecule has 0 aliphatic heterocycles. The zero-order valence-corrected chi connectivity index (χ0v) is 9.71. The minimum Gasteiger partial charge on any atom is -0.394 e. The minimum atomic E-state index is 0.0708. The zero-order valence-electron chi connectivity index (χ0n) is 9.71. The SMILES string of the molecule is O=C(CCCNCCOCCO)NC1CC1. The predicted molar refractivity (Wildman–Crippen MR) is 61.2 cm³/mol. The van der Waals surface area contributed by atoms with Crippen molar-refractivity contribution in [2.45, 2.75) is 31.7 Å². The fourth-order valence-corrected chi connectivity index (χ4v) is 1.34. The molecule has 5 nitrogen and oxygen atoms in total. The van der Waals surface area contributed by atoms with Crippen LogP contribution in [0.5, 0.6) is 0 Å². The van der Waals surface area contributed by atoms with Gasteiger partial charge in [-0.05, 0) is 25.8 Å². The minimum absolute atomic E-state index is 0.0708. The summed E-state index contributed by atoms with van der Waals surface area (Å²) in [5, 5.41) is 14.6. The van der Waals surface area contributed by atoms with Crippen LogP contribution in [0.2, 0.25) is 0 Å². The molecule has 1 rings (SSSR count). The maximum absolute atomic E-state index is 11.3. The van der Waals surface area contributed by atoms with Gasteiger partial charge >= 0.3 is 0 Å². The monoisotopic (exact) mass is 230 g/mol. The lowest BCUT2D eigenvalue weighted by Gasteiger charge is -2.05. The number of hydrogen-bond donors (Lipinski definition) is 3. The molecule has 5 heteroatoms. The van der Waals surface area contributed by atoms with Crippen molar-refractivity contribution in [1.29, 1.82) is 0 Å². The molecule has 0 unspecified atom stereocenters. The Kier molecular flexibility index (Phi) is 7.12. The predicted octanol–water partition coefficient (Wildman–Crippen LogP) is -0.356. The smallest absolute Gasteiger partial charge is 0.220 e. The highest BCUT2D eigenvalue weighted by Gasteiger charge is 2.22. The number of carbonyl (C=O) groups excluding carboxylic acids is 1. The second-order valence-corrected chi connectivity index (χ2v) is 4.03. The van der Waals surface area contributed by atoms with Gasteiger partial charge in [-0.3, -0.25) is 4.79 Å². The number of aliphatic hydroxyl groups excluding tert-OH is 1. The molecular formula is C11H22N2O3. The summed E-state index contributed by atoms with van der Waals surface area (Å²) in [4.78, 5) is 11.3. The molecule has 0 atom stereocenters. The van der Waals surface area contributed by atoms with Gasteiger partial charge in [-0.1, -0.05) is 0 Å². The van der Waals surface area contributed by atoms with E-state index < -0.39 is 0 Å². The van der Waals surface area contributed by atoms with Gasteiger partial charge < -0.3 is 20.5 Å². The Morgan fingerprint density at radius 2 is 2.12 bits per heavy atom. The number of amides is 1. The second-order valence-electron chi connectivity index (χ2n) is 4.03. The number of carbonyl (C=O) groups is 1. The van der Waals surface area contributed by atoms with Gasteiger partial charge in [-0.15, -0.1) is 0 Å². The van der Waals surface area contributed by atoms with Crippen LogP contribution in [0.15, 0.2) is 0 Å². The topological polar surface area (TPSA) is 70.6 Å². The first-order valence-corrected chi connectivity index (χ1v) is 6.01. The Labute approximate surface area is 96.6 Å². The van der Waals surface area contributed by atoms with Crippen LogP contribution in [0.1, 0.15) is 25.7 Å². The molecule has 1 fully saturated rings. The maximum Gasteiger partial charge on any atom is 0.220 e. The maximum atomic E-state index is 11.3. The van der Waals surface area contributed by atoms with Crippen LogP contribution in [0.3, 0.4) is 0 Å². The molecule has 0 bridgehead atoms. The van der Waals surface area contributed by atoms with E-state index in [0.717, 1.165) is 32.4 Å². The number of ether oxygens (including phenoxy) is 1. The highest BCUT2D eigenvalue weighted by molar-refractivity contribution is 5.76. The van der Waals surface area contributed by atoms with E-state index >= 15 is 0 Å². The van der Waals surface area contributed by atoms with Crippen LogP contribution in [0.25, 0.3) is 0 Å². The summed E-state index contributed by atoms with van der Waals surface area (Å²) in [7, 11) is 0.